The highest BCUT2D eigenvalue weighted by molar-refractivity contribution is 14.1. The summed E-state index contributed by atoms with van der Waals surface area (Å²) in [6.45, 7) is 0. The molecule has 3 aromatic carbocycles. The van der Waals surface area contributed by atoms with Crippen LogP contribution in [0.3, 0.4) is 0 Å². The van der Waals surface area contributed by atoms with Gasteiger partial charge in [-0.05, 0) is 51.1 Å². The molecule has 0 aliphatic carbocycles. The molecule has 0 radical (unpaired) electrons. The maximum atomic E-state index is 12.7. The molecule has 3 rings (SSSR count). The molecular weight excluding hydrogens is 429 g/mol. The van der Waals surface area contributed by atoms with Crippen LogP contribution in [0.25, 0.3) is 10.8 Å². The van der Waals surface area contributed by atoms with Crippen molar-refractivity contribution in [3.05, 3.63) is 81.4 Å². The molecule has 0 saturated heterocycles. The molecule has 1 amide bonds. The van der Waals surface area contributed by atoms with Gasteiger partial charge in [0.05, 0.1) is 0 Å². The number of rotatable bonds is 5. The van der Waals surface area contributed by atoms with Gasteiger partial charge in [0.15, 0.2) is 0 Å². The van der Waals surface area contributed by atoms with Gasteiger partial charge in [-0.15, -0.1) is 0 Å². The number of carbonyl (C=O) groups is 2. The van der Waals surface area contributed by atoms with Crippen LogP contribution in [0.2, 0.25) is 0 Å². The van der Waals surface area contributed by atoms with Crippen LogP contribution in [0.1, 0.15) is 15.9 Å². The van der Waals surface area contributed by atoms with Gasteiger partial charge in [0.2, 0.25) is 0 Å². The molecule has 3 aromatic rings. The highest BCUT2D eigenvalue weighted by Crippen LogP contribution is 2.19. The van der Waals surface area contributed by atoms with Crippen molar-refractivity contribution in [3.63, 3.8) is 0 Å². The molecule has 2 N–H and O–H groups in total. The Hall–Kier alpha value is -2.41. The standard InChI is InChI=1S/C20H16INO3/c21-17-11-4-2-7-14(17)12-18(20(24)25)22-19(23)16-10-5-8-13-6-1-3-9-15(13)16/h1-11,18H,12H2,(H,22,23)(H,24,25)/t18-/m1/s1. The van der Waals surface area contributed by atoms with E-state index in [2.05, 4.69) is 27.9 Å². The van der Waals surface area contributed by atoms with E-state index in [1.54, 1.807) is 12.1 Å². The van der Waals surface area contributed by atoms with Crippen LogP contribution in [0.5, 0.6) is 0 Å². The Kier molecular flexibility index (Phi) is 5.33. The van der Waals surface area contributed by atoms with Gasteiger partial charge in [0, 0.05) is 15.6 Å². The number of aliphatic carboxylic acids is 1. The molecule has 4 nitrogen and oxygen atoms in total. The molecule has 0 bridgehead atoms. The summed E-state index contributed by atoms with van der Waals surface area (Å²) in [5.41, 5.74) is 1.38. The van der Waals surface area contributed by atoms with Gasteiger partial charge in [-0.3, -0.25) is 4.79 Å². The molecule has 126 valence electrons. The monoisotopic (exact) mass is 445 g/mol. The second kappa shape index (κ2) is 7.65. The summed E-state index contributed by atoms with van der Waals surface area (Å²) in [7, 11) is 0. The molecular formula is C20H16INO3. The minimum atomic E-state index is -1.05. The van der Waals surface area contributed by atoms with Crippen molar-refractivity contribution >= 4 is 45.2 Å². The van der Waals surface area contributed by atoms with Gasteiger partial charge in [-0.2, -0.15) is 0 Å². The van der Waals surface area contributed by atoms with Crippen LogP contribution in [-0.2, 0) is 11.2 Å². The molecule has 0 aromatic heterocycles. The Labute approximate surface area is 159 Å². The molecule has 0 aliphatic rings. The lowest BCUT2D eigenvalue weighted by Gasteiger charge is -2.16. The van der Waals surface area contributed by atoms with E-state index >= 15 is 0 Å². The molecule has 0 heterocycles. The number of benzene rings is 3. The van der Waals surface area contributed by atoms with E-state index in [0.29, 0.717) is 5.56 Å². The SMILES string of the molecule is O=C(N[C@H](Cc1ccccc1I)C(=O)O)c1cccc2ccccc12. The quantitative estimate of drug-likeness (QED) is 0.587. The number of hydrogen-bond donors (Lipinski definition) is 2. The predicted molar refractivity (Wildman–Crippen MR) is 106 cm³/mol. The number of fused-ring (bicyclic) bond motifs is 1. The maximum Gasteiger partial charge on any atom is 0.326 e. The zero-order valence-electron chi connectivity index (χ0n) is 13.3. The van der Waals surface area contributed by atoms with Gasteiger partial charge in [0.25, 0.3) is 5.91 Å². The summed E-state index contributed by atoms with van der Waals surface area (Å²) >= 11 is 2.17. The minimum Gasteiger partial charge on any atom is -0.480 e. The van der Waals surface area contributed by atoms with Gasteiger partial charge in [-0.1, -0.05) is 54.6 Å². The number of amides is 1. The molecule has 0 unspecified atom stereocenters. The van der Waals surface area contributed by atoms with Crippen molar-refractivity contribution in [1.29, 1.82) is 0 Å². The molecule has 0 fully saturated rings. The van der Waals surface area contributed by atoms with E-state index in [1.165, 1.54) is 0 Å². The van der Waals surface area contributed by atoms with Crippen LogP contribution in [-0.4, -0.2) is 23.0 Å². The van der Waals surface area contributed by atoms with Crippen molar-refractivity contribution in [1.82, 2.24) is 5.32 Å². The first-order valence-electron chi connectivity index (χ1n) is 7.81. The summed E-state index contributed by atoms with van der Waals surface area (Å²) in [6, 6.07) is 19.6. The molecule has 1 atom stereocenters. The summed E-state index contributed by atoms with van der Waals surface area (Å²) in [5.74, 6) is -1.43. The fourth-order valence-corrected chi connectivity index (χ4v) is 3.35. The predicted octanol–water partition coefficient (Wildman–Crippen LogP) is 3.87. The first-order valence-corrected chi connectivity index (χ1v) is 8.89. The Morgan fingerprint density at radius 1 is 0.960 bits per heavy atom. The highest BCUT2D eigenvalue weighted by atomic mass is 127. The minimum absolute atomic E-state index is 0.241. The van der Waals surface area contributed by atoms with E-state index in [4.69, 9.17) is 0 Å². The summed E-state index contributed by atoms with van der Waals surface area (Å²) in [5, 5.41) is 13.9. The lowest BCUT2D eigenvalue weighted by Crippen LogP contribution is -2.42. The number of carbonyl (C=O) groups excluding carboxylic acids is 1. The Balaban J connectivity index is 1.86. The van der Waals surface area contributed by atoms with Crippen LogP contribution in [0, 0.1) is 3.57 Å². The molecule has 25 heavy (non-hydrogen) atoms. The van der Waals surface area contributed by atoms with Gasteiger partial charge in [0.1, 0.15) is 6.04 Å². The van der Waals surface area contributed by atoms with Crippen molar-refractivity contribution in [2.24, 2.45) is 0 Å². The second-order valence-electron chi connectivity index (χ2n) is 5.69. The van der Waals surface area contributed by atoms with Crippen molar-refractivity contribution in [3.8, 4) is 0 Å². The van der Waals surface area contributed by atoms with Gasteiger partial charge < -0.3 is 10.4 Å². The van der Waals surface area contributed by atoms with Crippen LogP contribution in [0.4, 0.5) is 0 Å². The molecule has 0 aliphatic heterocycles. The van der Waals surface area contributed by atoms with Crippen molar-refractivity contribution in [2.45, 2.75) is 12.5 Å². The summed E-state index contributed by atoms with van der Waals surface area (Å²) in [4.78, 5) is 24.3. The molecule has 5 heteroatoms. The van der Waals surface area contributed by atoms with Gasteiger partial charge >= 0.3 is 5.97 Å². The number of nitrogens with one attached hydrogen (secondary N) is 1. The Bertz CT molecular complexity index is 934. The third-order valence-electron chi connectivity index (χ3n) is 4.02. The zero-order valence-corrected chi connectivity index (χ0v) is 15.4. The second-order valence-corrected chi connectivity index (χ2v) is 6.85. The number of carboxylic acids is 1. The third-order valence-corrected chi connectivity index (χ3v) is 5.07. The number of carboxylic acid groups (broad SMARTS) is 1. The average molecular weight is 445 g/mol. The van der Waals surface area contributed by atoms with E-state index in [-0.39, 0.29) is 12.3 Å². The first-order chi connectivity index (χ1) is 12.1. The zero-order chi connectivity index (χ0) is 17.8. The fourth-order valence-electron chi connectivity index (χ4n) is 2.74. The van der Waals surface area contributed by atoms with E-state index in [1.807, 2.05) is 54.6 Å². The summed E-state index contributed by atoms with van der Waals surface area (Å²) in [6.07, 6.45) is 0.241. The summed E-state index contributed by atoms with van der Waals surface area (Å²) < 4.78 is 0.978. The first kappa shape index (κ1) is 17.4. The van der Waals surface area contributed by atoms with Crippen LogP contribution < -0.4 is 5.32 Å². The highest BCUT2D eigenvalue weighted by Gasteiger charge is 2.22. The normalized spacial score (nSPS) is 11.9. The number of hydrogen-bond acceptors (Lipinski definition) is 2. The van der Waals surface area contributed by atoms with E-state index < -0.39 is 12.0 Å². The van der Waals surface area contributed by atoms with E-state index in [0.717, 1.165) is 19.9 Å². The maximum absolute atomic E-state index is 12.7. The fraction of sp³-hybridized carbons (Fsp3) is 0.100. The van der Waals surface area contributed by atoms with E-state index in [9.17, 15) is 14.7 Å². The molecule has 0 spiro atoms. The van der Waals surface area contributed by atoms with Crippen LogP contribution >= 0.6 is 22.6 Å². The smallest absolute Gasteiger partial charge is 0.326 e. The number of halogens is 1. The van der Waals surface area contributed by atoms with Crippen LogP contribution in [0.15, 0.2) is 66.7 Å². The van der Waals surface area contributed by atoms with Gasteiger partial charge in [-0.25, -0.2) is 4.79 Å². The van der Waals surface area contributed by atoms with Crippen molar-refractivity contribution in [2.75, 3.05) is 0 Å². The third kappa shape index (κ3) is 3.99. The molecule has 0 saturated carbocycles. The van der Waals surface area contributed by atoms with Crippen molar-refractivity contribution < 1.29 is 14.7 Å². The lowest BCUT2D eigenvalue weighted by molar-refractivity contribution is -0.139. The lowest BCUT2D eigenvalue weighted by atomic mass is 10.0. The average Bonchev–Trinajstić information content (AvgIpc) is 2.62. The topological polar surface area (TPSA) is 66.4 Å². The largest absolute Gasteiger partial charge is 0.480 e. The Morgan fingerprint density at radius 2 is 1.64 bits per heavy atom. The Morgan fingerprint density at radius 3 is 2.40 bits per heavy atom.